The van der Waals surface area contributed by atoms with E-state index >= 15 is 4.39 Å². The molecule has 33 heavy (non-hydrogen) atoms. The molecule has 5 heteroatoms. The largest absolute Gasteiger partial charge is 0.508 e. The Labute approximate surface area is 202 Å². The predicted octanol–water partition coefficient (Wildman–Crippen LogP) is 5.68. The van der Waals surface area contributed by atoms with Crippen LogP contribution in [0.5, 0.6) is 5.75 Å². The Morgan fingerprint density at radius 3 is 1.88 bits per heavy atom. The van der Waals surface area contributed by atoms with Crippen molar-refractivity contribution in [3.05, 3.63) is 102 Å². The van der Waals surface area contributed by atoms with Gasteiger partial charge in [0, 0.05) is 32.5 Å². The zero-order valence-electron chi connectivity index (χ0n) is 18.9. The second-order valence-corrected chi connectivity index (χ2v) is 9.16. The minimum atomic E-state index is -1.40. The summed E-state index contributed by atoms with van der Waals surface area (Å²) in [5.74, 6) is 0.105. The Hall–Kier alpha value is -2.40. The summed E-state index contributed by atoms with van der Waals surface area (Å²) in [7, 11) is 0. The van der Waals surface area contributed by atoms with Gasteiger partial charge in [0.1, 0.15) is 11.4 Å². The van der Waals surface area contributed by atoms with E-state index in [1.54, 1.807) is 18.2 Å². The van der Waals surface area contributed by atoms with E-state index in [1.165, 1.54) is 6.07 Å². The molecule has 2 N–H and O–H groups in total. The second kappa shape index (κ2) is 11.1. The lowest BCUT2D eigenvalue weighted by Gasteiger charge is -2.38. The molecular formula is C28H33ClFNO2. The summed E-state index contributed by atoms with van der Waals surface area (Å²) < 4.78 is 15.5. The molecule has 0 atom stereocenters. The van der Waals surface area contributed by atoms with E-state index < -0.39 is 11.3 Å². The summed E-state index contributed by atoms with van der Waals surface area (Å²) >= 11 is 0. The Morgan fingerprint density at radius 1 is 0.818 bits per heavy atom. The number of phenolic OH excluding ortho intramolecular Hbond substituents is 1. The molecule has 0 amide bonds. The number of piperidine rings is 1. The molecule has 4 rings (SSSR count). The molecule has 1 saturated heterocycles. The quantitative estimate of drug-likeness (QED) is 0.446. The number of hydrogen-bond donors (Lipinski definition) is 2. The van der Waals surface area contributed by atoms with Gasteiger partial charge in [0.15, 0.2) is 0 Å². The van der Waals surface area contributed by atoms with Gasteiger partial charge in [-0.1, -0.05) is 72.8 Å². The average Bonchev–Trinajstić information content (AvgIpc) is 2.80. The molecule has 176 valence electrons. The number of benzene rings is 3. The second-order valence-electron chi connectivity index (χ2n) is 9.16. The van der Waals surface area contributed by atoms with E-state index in [-0.39, 0.29) is 18.2 Å². The van der Waals surface area contributed by atoms with Crippen molar-refractivity contribution in [1.82, 2.24) is 4.90 Å². The molecule has 0 bridgehead atoms. The van der Waals surface area contributed by atoms with Gasteiger partial charge < -0.3 is 15.1 Å². The maximum Gasteiger partial charge on any atom is 0.138 e. The summed E-state index contributed by atoms with van der Waals surface area (Å²) in [5, 5.41) is 21.4. The van der Waals surface area contributed by atoms with Crippen LogP contribution in [0.1, 0.15) is 36.0 Å². The summed E-state index contributed by atoms with van der Waals surface area (Å²) in [6, 6.07) is 26.8. The molecular weight excluding hydrogens is 437 g/mol. The summed E-state index contributed by atoms with van der Waals surface area (Å²) in [6.07, 6.45) is 2.60. The van der Waals surface area contributed by atoms with Crippen LogP contribution < -0.4 is 0 Å². The third-order valence-corrected chi connectivity index (χ3v) is 6.66. The number of aromatic hydroxyl groups is 1. The fraction of sp³-hybridized carbons (Fsp3) is 0.357. The van der Waals surface area contributed by atoms with Crippen LogP contribution in [0.4, 0.5) is 4.39 Å². The lowest BCUT2D eigenvalue weighted by atomic mass is 9.83. The Bertz CT molecular complexity index is 950. The third-order valence-electron chi connectivity index (χ3n) is 6.66. The van der Waals surface area contributed by atoms with Gasteiger partial charge in [-0.2, -0.15) is 0 Å². The summed E-state index contributed by atoms with van der Waals surface area (Å²) in [6.45, 7) is 2.00. The van der Waals surface area contributed by atoms with Crippen LogP contribution in [-0.4, -0.2) is 40.3 Å². The summed E-state index contributed by atoms with van der Waals surface area (Å²) in [4.78, 5) is 2.25. The van der Waals surface area contributed by atoms with Crippen LogP contribution in [-0.2, 0) is 18.5 Å². The fourth-order valence-electron chi connectivity index (χ4n) is 4.76. The molecule has 1 aliphatic heterocycles. The molecule has 0 spiro atoms. The van der Waals surface area contributed by atoms with E-state index in [9.17, 15) is 10.2 Å². The van der Waals surface area contributed by atoms with Gasteiger partial charge in [0.05, 0.1) is 5.60 Å². The lowest BCUT2D eigenvalue weighted by molar-refractivity contribution is 0.00664. The third kappa shape index (κ3) is 6.80. The first kappa shape index (κ1) is 25.2. The maximum atomic E-state index is 15.5. The zero-order chi connectivity index (χ0) is 22.4. The molecule has 0 aromatic heterocycles. The van der Waals surface area contributed by atoms with E-state index in [2.05, 4.69) is 29.2 Å². The monoisotopic (exact) mass is 469 g/mol. The van der Waals surface area contributed by atoms with Crippen molar-refractivity contribution in [3.63, 3.8) is 0 Å². The maximum absolute atomic E-state index is 15.5. The highest BCUT2D eigenvalue weighted by Gasteiger charge is 2.37. The first-order chi connectivity index (χ1) is 15.4. The molecule has 0 unspecified atom stereocenters. The molecule has 1 fully saturated rings. The molecule has 0 radical (unpaired) electrons. The van der Waals surface area contributed by atoms with Crippen LogP contribution >= 0.6 is 12.4 Å². The van der Waals surface area contributed by atoms with Crippen LogP contribution in [0.2, 0.25) is 0 Å². The molecule has 1 aliphatic rings. The first-order valence-corrected chi connectivity index (χ1v) is 11.5. The normalized spacial score (nSPS) is 16.2. The van der Waals surface area contributed by atoms with Gasteiger partial charge in [0.25, 0.3) is 0 Å². The highest BCUT2D eigenvalue weighted by Crippen LogP contribution is 2.38. The molecule has 0 aliphatic carbocycles. The smallest absolute Gasteiger partial charge is 0.138 e. The average molecular weight is 470 g/mol. The standard InChI is InChI=1S/C28H32FNO2.ClH/c29-28(25-12-7-13-26(31)20-25)15-18-30(19-16-28)17-14-27(32,21-23-8-3-1-4-9-23)22-24-10-5-2-6-11-24;/h1-13,20,31-32H,14-19,21-22H2;1H. The van der Waals surface area contributed by atoms with Crippen molar-refractivity contribution in [1.29, 1.82) is 0 Å². The number of rotatable bonds is 8. The van der Waals surface area contributed by atoms with Gasteiger partial charge in [-0.15, -0.1) is 12.4 Å². The van der Waals surface area contributed by atoms with Gasteiger partial charge in [-0.3, -0.25) is 0 Å². The minimum absolute atomic E-state index is 0. The van der Waals surface area contributed by atoms with Crippen LogP contribution in [0.3, 0.4) is 0 Å². The highest BCUT2D eigenvalue weighted by atomic mass is 35.5. The van der Waals surface area contributed by atoms with E-state index in [1.807, 2.05) is 36.4 Å². The van der Waals surface area contributed by atoms with E-state index in [0.29, 0.717) is 50.8 Å². The van der Waals surface area contributed by atoms with Crippen molar-refractivity contribution < 1.29 is 14.6 Å². The topological polar surface area (TPSA) is 43.7 Å². The number of aliphatic hydroxyl groups is 1. The SMILES string of the molecule is Cl.Oc1cccc(C2(F)CCN(CCC(O)(Cc3ccccc3)Cc3ccccc3)CC2)c1. The van der Waals surface area contributed by atoms with Crippen molar-refractivity contribution in [2.45, 2.75) is 43.4 Å². The van der Waals surface area contributed by atoms with Crippen LogP contribution in [0, 0.1) is 0 Å². The Kier molecular flexibility index (Phi) is 8.52. The molecule has 3 nitrogen and oxygen atoms in total. The van der Waals surface area contributed by atoms with Gasteiger partial charge in [-0.25, -0.2) is 4.39 Å². The van der Waals surface area contributed by atoms with Crippen molar-refractivity contribution in [3.8, 4) is 5.75 Å². The van der Waals surface area contributed by atoms with Gasteiger partial charge in [-0.05, 0) is 48.1 Å². The zero-order valence-corrected chi connectivity index (χ0v) is 19.7. The highest BCUT2D eigenvalue weighted by molar-refractivity contribution is 5.85. The number of alkyl halides is 1. The minimum Gasteiger partial charge on any atom is -0.508 e. The van der Waals surface area contributed by atoms with E-state index in [0.717, 1.165) is 17.7 Å². The van der Waals surface area contributed by atoms with Gasteiger partial charge >= 0.3 is 0 Å². The first-order valence-electron chi connectivity index (χ1n) is 11.5. The van der Waals surface area contributed by atoms with Crippen LogP contribution in [0.25, 0.3) is 0 Å². The molecule has 3 aromatic rings. The van der Waals surface area contributed by atoms with Crippen LogP contribution in [0.15, 0.2) is 84.9 Å². The molecule has 0 saturated carbocycles. The number of phenols is 1. The van der Waals surface area contributed by atoms with Crippen molar-refractivity contribution in [2.75, 3.05) is 19.6 Å². The fourth-order valence-corrected chi connectivity index (χ4v) is 4.76. The number of likely N-dealkylation sites (tertiary alicyclic amines) is 1. The van der Waals surface area contributed by atoms with Crippen molar-refractivity contribution in [2.24, 2.45) is 0 Å². The predicted molar refractivity (Wildman–Crippen MR) is 134 cm³/mol. The van der Waals surface area contributed by atoms with E-state index in [4.69, 9.17) is 0 Å². The van der Waals surface area contributed by atoms with Gasteiger partial charge in [0.2, 0.25) is 0 Å². The number of halogens is 2. The van der Waals surface area contributed by atoms with Crippen molar-refractivity contribution >= 4 is 12.4 Å². The lowest BCUT2D eigenvalue weighted by Crippen LogP contribution is -2.44. The molecule has 1 heterocycles. The Balaban J connectivity index is 0.00000306. The Morgan fingerprint density at radius 2 is 1.36 bits per heavy atom. The number of nitrogens with zero attached hydrogens (tertiary/aromatic N) is 1. The molecule has 3 aromatic carbocycles. The summed E-state index contributed by atoms with van der Waals surface area (Å²) in [5.41, 5.74) is 0.534. The number of hydrogen-bond acceptors (Lipinski definition) is 3.